The third kappa shape index (κ3) is 4.14. The molecule has 10 heteroatoms. The number of sulfonamides is 1. The second-order valence-electron chi connectivity index (χ2n) is 6.74. The van der Waals surface area contributed by atoms with E-state index in [9.17, 15) is 18.3 Å². The summed E-state index contributed by atoms with van der Waals surface area (Å²) in [5, 5.41) is 20.5. The van der Waals surface area contributed by atoms with Gasteiger partial charge in [-0.2, -0.15) is 0 Å². The zero-order chi connectivity index (χ0) is 22.0. The molecule has 0 unspecified atom stereocenters. The minimum Gasteiger partial charge on any atom is -0.478 e. The van der Waals surface area contributed by atoms with Gasteiger partial charge in [-0.3, -0.25) is 4.72 Å². The van der Waals surface area contributed by atoms with Crippen molar-refractivity contribution in [3.8, 4) is 16.8 Å². The number of nitrogens with zero attached hydrogens (tertiary/aromatic N) is 4. The number of rotatable bonds is 6. The number of benzene rings is 3. The van der Waals surface area contributed by atoms with E-state index in [4.69, 9.17) is 0 Å². The fraction of sp³-hybridized carbons (Fsp3) is 0.0476. The van der Waals surface area contributed by atoms with Crippen LogP contribution < -0.4 is 4.72 Å². The lowest BCUT2D eigenvalue weighted by atomic mass is 10.0. The molecule has 1 heterocycles. The zero-order valence-corrected chi connectivity index (χ0v) is 17.1. The molecular formula is C21H17N5O4S. The van der Waals surface area contributed by atoms with Crippen LogP contribution >= 0.6 is 0 Å². The van der Waals surface area contributed by atoms with Crippen LogP contribution in [-0.2, 0) is 10.0 Å². The van der Waals surface area contributed by atoms with Crippen molar-refractivity contribution in [2.24, 2.45) is 0 Å². The first-order chi connectivity index (χ1) is 14.8. The van der Waals surface area contributed by atoms with Crippen molar-refractivity contribution in [3.05, 3.63) is 84.2 Å². The van der Waals surface area contributed by atoms with Gasteiger partial charge in [-0.1, -0.05) is 36.4 Å². The number of carbonyl (C=O) groups is 1. The summed E-state index contributed by atoms with van der Waals surface area (Å²) in [6.07, 6.45) is 1.41. The average molecular weight is 435 g/mol. The summed E-state index contributed by atoms with van der Waals surface area (Å²) in [4.78, 5) is 11.7. The van der Waals surface area contributed by atoms with E-state index in [1.807, 2.05) is 30.3 Å². The molecule has 1 aromatic heterocycles. The number of aryl methyl sites for hydroxylation is 1. The normalized spacial score (nSPS) is 11.3. The molecule has 4 aromatic rings. The molecule has 0 aliphatic carbocycles. The monoisotopic (exact) mass is 435 g/mol. The van der Waals surface area contributed by atoms with Crippen molar-refractivity contribution >= 4 is 21.7 Å². The van der Waals surface area contributed by atoms with Crippen molar-refractivity contribution in [2.75, 3.05) is 4.72 Å². The molecule has 0 fully saturated rings. The van der Waals surface area contributed by atoms with Gasteiger partial charge in [0, 0.05) is 0 Å². The van der Waals surface area contributed by atoms with Crippen molar-refractivity contribution in [1.29, 1.82) is 0 Å². The van der Waals surface area contributed by atoms with E-state index in [1.165, 1.54) is 35.3 Å². The number of nitrogens with one attached hydrogen (secondary N) is 1. The maximum atomic E-state index is 13.0. The van der Waals surface area contributed by atoms with E-state index in [1.54, 1.807) is 19.1 Å². The van der Waals surface area contributed by atoms with E-state index >= 15 is 0 Å². The van der Waals surface area contributed by atoms with Gasteiger partial charge in [-0.25, -0.2) is 17.9 Å². The molecule has 2 N–H and O–H groups in total. The lowest BCUT2D eigenvalue weighted by molar-refractivity contribution is 0.0698. The highest BCUT2D eigenvalue weighted by Gasteiger charge is 2.20. The Labute approximate surface area is 178 Å². The summed E-state index contributed by atoms with van der Waals surface area (Å²) in [6.45, 7) is 1.73. The molecule has 9 nitrogen and oxygen atoms in total. The smallest absolute Gasteiger partial charge is 0.337 e. The maximum absolute atomic E-state index is 13.0. The third-order valence-corrected chi connectivity index (χ3v) is 6.04. The molecule has 0 aliphatic rings. The predicted octanol–water partition coefficient (Wildman–Crippen LogP) is 3.14. The van der Waals surface area contributed by atoms with E-state index in [0.717, 1.165) is 5.56 Å². The summed E-state index contributed by atoms with van der Waals surface area (Å²) in [6, 6.07) is 18.3. The van der Waals surface area contributed by atoms with Crippen LogP contribution in [0.5, 0.6) is 0 Å². The van der Waals surface area contributed by atoms with E-state index in [-0.39, 0.29) is 16.1 Å². The second-order valence-corrected chi connectivity index (χ2v) is 8.42. The molecule has 0 saturated carbocycles. The standard InChI is InChI=1S/C21H17N5O4S/c1-14-11-17(8-10-20(14)26-13-22-24-25-26)31(29,30)23-19-12-16(7-9-18(19)21(27)28)15-5-3-2-4-6-15/h2-13,23H,1H3,(H,27,28). The number of carboxylic acid groups (broad SMARTS) is 1. The number of carboxylic acids is 1. The van der Waals surface area contributed by atoms with Crippen LogP contribution in [0.25, 0.3) is 16.8 Å². The first-order valence-electron chi connectivity index (χ1n) is 9.15. The number of aromatic nitrogens is 4. The SMILES string of the molecule is Cc1cc(S(=O)(=O)Nc2cc(-c3ccccc3)ccc2C(=O)O)ccc1-n1cnnn1. The average Bonchev–Trinajstić information content (AvgIpc) is 3.28. The zero-order valence-electron chi connectivity index (χ0n) is 16.3. The predicted molar refractivity (Wildman–Crippen MR) is 114 cm³/mol. The quantitative estimate of drug-likeness (QED) is 0.476. The summed E-state index contributed by atoms with van der Waals surface area (Å²) in [5.41, 5.74) is 2.62. The molecule has 0 radical (unpaired) electrons. The molecule has 0 bridgehead atoms. The molecule has 4 rings (SSSR count). The molecule has 31 heavy (non-hydrogen) atoms. The topological polar surface area (TPSA) is 127 Å². The molecule has 0 aliphatic heterocycles. The Balaban J connectivity index is 1.72. The first-order valence-corrected chi connectivity index (χ1v) is 10.6. The lowest BCUT2D eigenvalue weighted by Crippen LogP contribution is -2.16. The molecule has 0 atom stereocenters. The number of anilines is 1. The number of aromatic carboxylic acids is 1. The van der Waals surface area contributed by atoms with Crippen LogP contribution in [0.2, 0.25) is 0 Å². The Hall–Kier alpha value is -4.05. The van der Waals surface area contributed by atoms with Crippen molar-refractivity contribution < 1.29 is 18.3 Å². The summed E-state index contributed by atoms with van der Waals surface area (Å²) >= 11 is 0. The number of hydrogen-bond acceptors (Lipinski definition) is 6. The van der Waals surface area contributed by atoms with Gasteiger partial charge in [0.15, 0.2) is 0 Å². The lowest BCUT2D eigenvalue weighted by Gasteiger charge is -2.14. The Morgan fingerprint density at radius 1 is 1.00 bits per heavy atom. The van der Waals surface area contributed by atoms with Crippen molar-refractivity contribution in [3.63, 3.8) is 0 Å². The van der Waals surface area contributed by atoms with E-state index < -0.39 is 16.0 Å². The van der Waals surface area contributed by atoms with Crippen LogP contribution in [-0.4, -0.2) is 39.7 Å². The highest BCUT2D eigenvalue weighted by atomic mass is 32.2. The molecule has 0 spiro atoms. The fourth-order valence-corrected chi connectivity index (χ4v) is 4.31. The highest BCUT2D eigenvalue weighted by molar-refractivity contribution is 7.92. The van der Waals surface area contributed by atoms with E-state index in [0.29, 0.717) is 16.8 Å². The highest BCUT2D eigenvalue weighted by Crippen LogP contribution is 2.28. The van der Waals surface area contributed by atoms with Gasteiger partial charge < -0.3 is 5.11 Å². The number of hydrogen-bond donors (Lipinski definition) is 2. The van der Waals surface area contributed by atoms with Crippen LogP contribution in [0.1, 0.15) is 15.9 Å². The van der Waals surface area contributed by atoms with Gasteiger partial charge in [0.25, 0.3) is 10.0 Å². The molecule has 0 saturated heterocycles. The maximum Gasteiger partial charge on any atom is 0.337 e. The Morgan fingerprint density at radius 3 is 2.42 bits per heavy atom. The Kier molecular flexibility index (Phi) is 5.22. The molecule has 0 amide bonds. The van der Waals surface area contributed by atoms with Gasteiger partial charge in [0.1, 0.15) is 6.33 Å². The van der Waals surface area contributed by atoms with Gasteiger partial charge in [0.2, 0.25) is 0 Å². The van der Waals surface area contributed by atoms with Crippen molar-refractivity contribution in [2.45, 2.75) is 11.8 Å². The minimum absolute atomic E-state index is 0.0109. The van der Waals surface area contributed by atoms with Crippen molar-refractivity contribution in [1.82, 2.24) is 20.2 Å². The van der Waals surface area contributed by atoms with Gasteiger partial charge in [0.05, 0.1) is 21.8 Å². The van der Waals surface area contributed by atoms with Gasteiger partial charge >= 0.3 is 5.97 Å². The fourth-order valence-electron chi connectivity index (χ4n) is 3.15. The summed E-state index contributed by atoms with van der Waals surface area (Å²) < 4.78 is 29.9. The number of tetrazole rings is 1. The van der Waals surface area contributed by atoms with Crippen LogP contribution in [0.15, 0.2) is 78.0 Å². The Bertz CT molecular complexity index is 1350. The first kappa shape index (κ1) is 20.2. The van der Waals surface area contributed by atoms with Crippen LogP contribution in [0.3, 0.4) is 0 Å². The van der Waals surface area contributed by atoms with Crippen LogP contribution in [0.4, 0.5) is 5.69 Å². The Morgan fingerprint density at radius 2 is 1.77 bits per heavy atom. The van der Waals surface area contributed by atoms with Gasteiger partial charge in [-0.05, 0) is 64.4 Å². The molecule has 3 aromatic carbocycles. The second kappa shape index (κ2) is 8.00. The molecule has 156 valence electrons. The summed E-state index contributed by atoms with van der Waals surface area (Å²) in [5.74, 6) is -1.23. The molecular weight excluding hydrogens is 418 g/mol. The third-order valence-electron chi connectivity index (χ3n) is 4.68. The summed E-state index contributed by atoms with van der Waals surface area (Å²) in [7, 11) is -4.05. The largest absolute Gasteiger partial charge is 0.478 e. The van der Waals surface area contributed by atoms with Crippen LogP contribution in [0, 0.1) is 6.92 Å². The minimum atomic E-state index is -4.05. The van der Waals surface area contributed by atoms with Gasteiger partial charge in [-0.15, -0.1) is 5.10 Å². The van der Waals surface area contributed by atoms with E-state index in [2.05, 4.69) is 20.2 Å².